The van der Waals surface area contributed by atoms with Crippen LogP contribution in [0.2, 0.25) is 0 Å². The fourth-order valence-corrected chi connectivity index (χ4v) is 4.06. The lowest BCUT2D eigenvalue weighted by molar-refractivity contribution is -0.0266. The van der Waals surface area contributed by atoms with Gasteiger partial charge in [-0.15, -0.1) is 0 Å². The Morgan fingerprint density at radius 3 is 2.60 bits per heavy atom. The molecule has 2 fully saturated rings. The van der Waals surface area contributed by atoms with Crippen LogP contribution < -0.4 is 4.90 Å². The average molecular weight is 406 g/mol. The van der Waals surface area contributed by atoms with Crippen molar-refractivity contribution in [2.24, 2.45) is 5.41 Å². The molecule has 0 aromatic heterocycles. The van der Waals surface area contributed by atoms with Gasteiger partial charge in [0.15, 0.2) is 0 Å². The van der Waals surface area contributed by atoms with Crippen molar-refractivity contribution in [2.45, 2.75) is 39.7 Å². The van der Waals surface area contributed by atoms with Gasteiger partial charge in [-0.3, -0.25) is 0 Å². The van der Waals surface area contributed by atoms with E-state index in [1.165, 1.54) is 0 Å². The number of ether oxygens (including phenoxy) is 1. The second-order valence-corrected chi connectivity index (χ2v) is 8.98. The Kier molecular flexibility index (Phi) is 4.48. The number of rotatable bonds is 1. The first kappa shape index (κ1) is 18.1. The Balaban J connectivity index is 1.68. The predicted octanol–water partition coefficient (Wildman–Crippen LogP) is 4.76. The Morgan fingerprint density at radius 2 is 2.00 bits per heavy atom. The highest BCUT2D eigenvalue weighted by Gasteiger charge is 2.50. The van der Waals surface area contributed by atoms with Crippen molar-refractivity contribution in [3.63, 3.8) is 0 Å². The van der Waals surface area contributed by atoms with Gasteiger partial charge in [-0.05, 0) is 45.7 Å². The van der Waals surface area contributed by atoms with Crippen LogP contribution in [0.1, 0.15) is 32.8 Å². The van der Waals surface area contributed by atoms with E-state index in [4.69, 9.17) is 11.3 Å². The Morgan fingerprint density at radius 1 is 1.32 bits per heavy atom. The zero-order valence-electron chi connectivity index (χ0n) is 15.2. The van der Waals surface area contributed by atoms with Crippen molar-refractivity contribution in [3.05, 3.63) is 33.6 Å². The van der Waals surface area contributed by atoms with E-state index in [9.17, 15) is 4.79 Å². The maximum absolute atomic E-state index is 12.2. The van der Waals surface area contributed by atoms with Crippen LogP contribution in [0, 0.1) is 18.9 Å². The predicted molar refractivity (Wildman–Crippen MR) is 102 cm³/mol. The minimum absolute atomic E-state index is 0.133. The molecular weight excluding hydrogens is 382 g/mol. The number of hydrogen-bond donors (Lipinski definition) is 0. The minimum atomic E-state index is -0.458. The van der Waals surface area contributed by atoms with Crippen LogP contribution in [0.5, 0.6) is 0 Å². The molecular formula is C19H24BrN3O2. The number of amides is 1. The Bertz CT molecular complexity index is 742. The molecule has 0 unspecified atom stereocenters. The normalized spacial score (nSPS) is 18.9. The largest absolute Gasteiger partial charge is 0.444 e. The van der Waals surface area contributed by atoms with E-state index in [2.05, 4.69) is 25.7 Å². The second-order valence-electron chi connectivity index (χ2n) is 8.18. The van der Waals surface area contributed by atoms with Crippen LogP contribution in [0.25, 0.3) is 4.85 Å². The molecule has 25 heavy (non-hydrogen) atoms. The molecule has 0 saturated carbocycles. The van der Waals surface area contributed by atoms with Crippen LogP contribution in [0.15, 0.2) is 16.6 Å². The van der Waals surface area contributed by atoms with E-state index in [0.717, 1.165) is 48.3 Å². The lowest BCUT2D eigenvalue weighted by atomic mass is 9.79. The van der Waals surface area contributed by atoms with E-state index >= 15 is 0 Å². The summed E-state index contributed by atoms with van der Waals surface area (Å²) in [5.41, 5.74) is 2.41. The molecule has 1 aromatic carbocycles. The number of anilines is 1. The standard InChI is InChI=1S/C19H24BrN3O2/c1-13-6-7-14(16(21-5)15(13)20)22-9-8-19(10-22)11-23(12-19)17(24)25-18(2,3)4/h6-7H,8-12H2,1-4H3. The average Bonchev–Trinajstić information content (AvgIpc) is 2.92. The highest BCUT2D eigenvalue weighted by molar-refractivity contribution is 9.10. The van der Waals surface area contributed by atoms with Gasteiger partial charge in [0.25, 0.3) is 0 Å². The van der Waals surface area contributed by atoms with Gasteiger partial charge in [0.2, 0.25) is 5.69 Å². The Labute approximate surface area is 157 Å². The summed E-state index contributed by atoms with van der Waals surface area (Å²) < 4.78 is 6.33. The van der Waals surface area contributed by atoms with Gasteiger partial charge in [-0.25, -0.2) is 9.64 Å². The summed E-state index contributed by atoms with van der Waals surface area (Å²) in [6.45, 7) is 18.4. The smallest absolute Gasteiger partial charge is 0.410 e. The number of benzene rings is 1. The topological polar surface area (TPSA) is 37.1 Å². The van der Waals surface area contributed by atoms with Crippen molar-refractivity contribution in [2.75, 3.05) is 31.1 Å². The first-order chi connectivity index (χ1) is 11.6. The molecule has 0 radical (unpaired) electrons. The number of aryl methyl sites for hydroxylation is 1. The molecule has 2 heterocycles. The highest BCUT2D eigenvalue weighted by atomic mass is 79.9. The molecule has 0 N–H and O–H groups in total. The van der Waals surface area contributed by atoms with Crippen LogP contribution in [-0.4, -0.2) is 42.8 Å². The summed E-state index contributed by atoms with van der Waals surface area (Å²) in [7, 11) is 0. The maximum atomic E-state index is 12.2. The molecule has 1 spiro atoms. The molecule has 0 aliphatic carbocycles. The zero-order valence-corrected chi connectivity index (χ0v) is 16.8. The van der Waals surface area contributed by atoms with Gasteiger partial charge in [-0.2, -0.15) is 0 Å². The summed E-state index contributed by atoms with van der Waals surface area (Å²) in [5.74, 6) is 0. The van der Waals surface area contributed by atoms with Crippen LogP contribution in [0.3, 0.4) is 0 Å². The first-order valence-electron chi connectivity index (χ1n) is 8.54. The third-order valence-corrected chi connectivity index (χ3v) is 5.88. The van der Waals surface area contributed by atoms with Gasteiger partial charge < -0.3 is 14.5 Å². The van der Waals surface area contributed by atoms with E-state index in [1.807, 2.05) is 39.8 Å². The summed E-state index contributed by atoms with van der Waals surface area (Å²) in [6.07, 6.45) is 0.811. The van der Waals surface area contributed by atoms with Crippen LogP contribution in [-0.2, 0) is 4.74 Å². The van der Waals surface area contributed by atoms with Crippen molar-refractivity contribution >= 4 is 33.4 Å². The molecule has 5 nitrogen and oxygen atoms in total. The molecule has 2 aliphatic rings. The van der Waals surface area contributed by atoms with Crippen molar-refractivity contribution in [3.8, 4) is 0 Å². The summed E-state index contributed by atoms with van der Waals surface area (Å²) in [5, 5.41) is 0. The molecule has 0 atom stereocenters. The molecule has 6 heteroatoms. The quantitative estimate of drug-likeness (QED) is 0.632. The molecule has 1 amide bonds. The molecule has 1 aromatic rings. The van der Waals surface area contributed by atoms with Gasteiger partial charge in [0.05, 0.1) is 6.57 Å². The minimum Gasteiger partial charge on any atom is -0.444 e. The van der Waals surface area contributed by atoms with Gasteiger partial charge >= 0.3 is 6.09 Å². The van der Waals surface area contributed by atoms with Crippen molar-refractivity contribution in [1.82, 2.24) is 4.90 Å². The number of likely N-dealkylation sites (tertiary alicyclic amines) is 1. The first-order valence-corrected chi connectivity index (χ1v) is 9.33. The van der Waals surface area contributed by atoms with Crippen molar-refractivity contribution in [1.29, 1.82) is 0 Å². The third kappa shape index (κ3) is 3.48. The molecule has 2 aliphatic heterocycles. The van der Waals surface area contributed by atoms with Gasteiger partial charge in [0.1, 0.15) is 5.60 Å². The van der Waals surface area contributed by atoms with E-state index in [0.29, 0.717) is 5.69 Å². The maximum Gasteiger partial charge on any atom is 0.410 e. The second kappa shape index (κ2) is 6.21. The molecule has 0 bridgehead atoms. The summed E-state index contributed by atoms with van der Waals surface area (Å²) in [4.78, 5) is 20.0. The number of halogens is 1. The number of hydrogen-bond acceptors (Lipinski definition) is 3. The molecule has 2 saturated heterocycles. The third-order valence-electron chi connectivity index (χ3n) is 4.88. The Hall–Kier alpha value is -1.74. The lowest BCUT2D eigenvalue weighted by Gasteiger charge is -2.47. The van der Waals surface area contributed by atoms with E-state index in [-0.39, 0.29) is 11.5 Å². The SMILES string of the molecule is [C-]#[N+]c1c(N2CCC3(CN(C(=O)OC(C)(C)C)C3)C2)ccc(C)c1Br. The van der Waals surface area contributed by atoms with Crippen LogP contribution in [0.4, 0.5) is 16.2 Å². The monoisotopic (exact) mass is 405 g/mol. The van der Waals surface area contributed by atoms with E-state index in [1.54, 1.807) is 4.90 Å². The fraction of sp³-hybridized carbons (Fsp3) is 0.579. The van der Waals surface area contributed by atoms with Crippen molar-refractivity contribution < 1.29 is 9.53 Å². The van der Waals surface area contributed by atoms with E-state index < -0.39 is 5.60 Å². The molecule has 3 rings (SSSR count). The fourth-order valence-electron chi connectivity index (χ4n) is 3.63. The number of carbonyl (C=O) groups is 1. The number of carbonyl (C=O) groups excluding carboxylic acids is 1. The summed E-state index contributed by atoms with van der Waals surface area (Å²) in [6, 6.07) is 4.09. The zero-order chi connectivity index (χ0) is 18.4. The molecule has 134 valence electrons. The summed E-state index contributed by atoms with van der Waals surface area (Å²) >= 11 is 3.54. The highest BCUT2D eigenvalue weighted by Crippen LogP contribution is 2.45. The van der Waals surface area contributed by atoms with Gasteiger partial charge in [-0.1, -0.05) is 22.0 Å². The lowest BCUT2D eigenvalue weighted by Crippen LogP contribution is -2.60. The number of nitrogens with zero attached hydrogens (tertiary/aromatic N) is 3. The van der Waals surface area contributed by atoms with Gasteiger partial charge in [0, 0.05) is 41.8 Å². The van der Waals surface area contributed by atoms with Crippen LogP contribution >= 0.6 is 15.9 Å².